The first-order chi connectivity index (χ1) is 8.41. The lowest BCUT2D eigenvalue weighted by atomic mass is 10.2. The molecule has 1 amide bonds. The van der Waals surface area contributed by atoms with Gasteiger partial charge in [-0.1, -0.05) is 0 Å². The summed E-state index contributed by atoms with van der Waals surface area (Å²) in [5.41, 5.74) is 0.204. The molecule has 2 atom stereocenters. The molecule has 4 nitrogen and oxygen atoms in total. The molecule has 1 aromatic rings. The summed E-state index contributed by atoms with van der Waals surface area (Å²) in [6.07, 6.45) is 0.294. The Morgan fingerprint density at radius 3 is 2.44 bits per heavy atom. The number of amides is 1. The van der Waals surface area contributed by atoms with Crippen LogP contribution < -0.4 is 4.90 Å². The van der Waals surface area contributed by atoms with Crippen molar-refractivity contribution in [1.29, 1.82) is 0 Å². The third kappa shape index (κ3) is 2.18. The molecule has 1 fully saturated rings. The average Bonchev–Trinajstić information content (AvgIpc) is 3.11. The number of rotatable bonds is 3. The van der Waals surface area contributed by atoms with Gasteiger partial charge in [-0.2, -0.15) is 0 Å². The summed E-state index contributed by atoms with van der Waals surface area (Å²) in [7, 11) is 1.41. The Morgan fingerprint density at radius 2 is 1.94 bits per heavy atom. The minimum Gasteiger partial charge on any atom is -0.481 e. The standard InChI is InChI=1S/C12H11F2NO3/c1-15(6-2-3-9(13)10(14)4-6)11(16)7-5-8(7)12(17)18/h2-4,7-8H,5H2,1H3,(H,17,18). The monoisotopic (exact) mass is 255 g/mol. The average molecular weight is 255 g/mol. The van der Waals surface area contributed by atoms with Crippen LogP contribution in [0.5, 0.6) is 0 Å². The second kappa shape index (κ2) is 4.36. The lowest BCUT2D eigenvalue weighted by Crippen LogP contribution is -2.29. The summed E-state index contributed by atoms with van der Waals surface area (Å²) in [4.78, 5) is 23.7. The maximum Gasteiger partial charge on any atom is 0.307 e. The number of hydrogen-bond acceptors (Lipinski definition) is 2. The molecule has 96 valence electrons. The molecule has 0 saturated heterocycles. The number of halogens is 2. The van der Waals surface area contributed by atoms with Crippen molar-refractivity contribution < 1.29 is 23.5 Å². The minimum atomic E-state index is -1.04. The van der Waals surface area contributed by atoms with Gasteiger partial charge in [0.15, 0.2) is 11.6 Å². The largest absolute Gasteiger partial charge is 0.481 e. The highest BCUT2D eigenvalue weighted by atomic mass is 19.2. The van der Waals surface area contributed by atoms with Crippen molar-refractivity contribution in [1.82, 2.24) is 0 Å². The van der Waals surface area contributed by atoms with Crippen LogP contribution in [0.1, 0.15) is 6.42 Å². The molecule has 0 aromatic heterocycles. The lowest BCUT2D eigenvalue weighted by molar-refractivity contribution is -0.139. The fourth-order valence-electron chi connectivity index (χ4n) is 1.81. The number of benzene rings is 1. The highest BCUT2D eigenvalue weighted by molar-refractivity contribution is 5.99. The molecule has 1 aliphatic carbocycles. The summed E-state index contributed by atoms with van der Waals surface area (Å²) >= 11 is 0. The number of hydrogen-bond donors (Lipinski definition) is 1. The van der Waals surface area contributed by atoms with E-state index < -0.39 is 35.3 Å². The molecule has 1 saturated carbocycles. The summed E-state index contributed by atoms with van der Waals surface area (Å²) in [6, 6.07) is 3.11. The first-order valence-electron chi connectivity index (χ1n) is 5.37. The van der Waals surface area contributed by atoms with Gasteiger partial charge in [0.05, 0.1) is 11.8 Å². The van der Waals surface area contributed by atoms with E-state index >= 15 is 0 Å². The van der Waals surface area contributed by atoms with E-state index in [2.05, 4.69) is 0 Å². The summed E-state index contributed by atoms with van der Waals surface area (Å²) < 4.78 is 25.8. The molecule has 6 heteroatoms. The van der Waals surface area contributed by atoms with Crippen LogP contribution in [0.2, 0.25) is 0 Å². The molecule has 0 spiro atoms. The van der Waals surface area contributed by atoms with Crippen LogP contribution in [0.25, 0.3) is 0 Å². The number of aliphatic carboxylic acids is 1. The zero-order chi connectivity index (χ0) is 13.4. The van der Waals surface area contributed by atoms with Gasteiger partial charge in [-0.3, -0.25) is 9.59 Å². The summed E-state index contributed by atoms with van der Waals surface area (Å²) in [5.74, 6) is -4.67. The van der Waals surface area contributed by atoms with Crippen LogP contribution in [0.15, 0.2) is 18.2 Å². The second-order valence-electron chi connectivity index (χ2n) is 4.28. The number of carboxylic acid groups (broad SMARTS) is 1. The van der Waals surface area contributed by atoms with Gasteiger partial charge in [-0.15, -0.1) is 0 Å². The molecule has 0 aliphatic heterocycles. The minimum absolute atomic E-state index is 0.204. The molecule has 0 radical (unpaired) electrons. The van der Waals surface area contributed by atoms with Crippen LogP contribution in [0.3, 0.4) is 0 Å². The van der Waals surface area contributed by atoms with Crippen molar-refractivity contribution in [2.45, 2.75) is 6.42 Å². The SMILES string of the molecule is CN(C(=O)C1CC1C(=O)O)c1ccc(F)c(F)c1. The molecular weight excluding hydrogens is 244 g/mol. The fraction of sp³-hybridized carbons (Fsp3) is 0.333. The Hall–Kier alpha value is -1.98. The van der Waals surface area contributed by atoms with E-state index in [9.17, 15) is 18.4 Å². The normalized spacial score (nSPS) is 21.5. The molecule has 1 aromatic carbocycles. The molecule has 1 aliphatic rings. The van der Waals surface area contributed by atoms with Gasteiger partial charge < -0.3 is 10.0 Å². The first kappa shape index (κ1) is 12.5. The summed E-state index contributed by atoms with van der Waals surface area (Å²) in [5, 5.41) is 8.73. The molecule has 2 rings (SSSR count). The van der Waals surface area contributed by atoms with Crippen molar-refractivity contribution in [2.75, 3.05) is 11.9 Å². The van der Waals surface area contributed by atoms with E-state index in [1.807, 2.05) is 0 Å². The number of anilines is 1. The highest BCUT2D eigenvalue weighted by Gasteiger charge is 2.49. The van der Waals surface area contributed by atoms with E-state index in [1.165, 1.54) is 13.1 Å². The van der Waals surface area contributed by atoms with Crippen LogP contribution in [-0.2, 0) is 9.59 Å². The van der Waals surface area contributed by atoms with Gasteiger partial charge in [0, 0.05) is 18.8 Å². The third-order valence-corrected chi connectivity index (χ3v) is 3.05. The number of nitrogens with zero attached hydrogens (tertiary/aromatic N) is 1. The molecular formula is C12H11F2NO3. The van der Waals surface area contributed by atoms with Gasteiger partial charge in [-0.25, -0.2) is 8.78 Å². The van der Waals surface area contributed by atoms with Crippen molar-refractivity contribution in [3.8, 4) is 0 Å². The number of carbonyl (C=O) groups is 2. The maximum atomic E-state index is 13.0. The highest BCUT2D eigenvalue weighted by Crippen LogP contribution is 2.40. The van der Waals surface area contributed by atoms with E-state index in [-0.39, 0.29) is 5.69 Å². The lowest BCUT2D eigenvalue weighted by Gasteiger charge is -2.17. The van der Waals surface area contributed by atoms with Gasteiger partial charge in [-0.05, 0) is 18.6 Å². The molecule has 1 N–H and O–H groups in total. The third-order valence-electron chi connectivity index (χ3n) is 3.05. The predicted molar refractivity (Wildman–Crippen MR) is 59.0 cm³/mol. The van der Waals surface area contributed by atoms with Crippen molar-refractivity contribution in [3.63, 3.8) is 0 Å². The molecule has 0 bridgehead atoms. The van der Waals surface area contributed by atoms with Gasteiger partial charge in [0.2, 0.25) is 5.91 Å². The zero-order valence-electron chi connectivity index (χ0n) is 9.56. The molecule has 0 heterocycles. The fourth-order valence-corrected chi connectivity index (χ4v) is 1.81. The van der Waals surface area contributed by atoms with Gasteiger partial charge in [0.25, 0.3) is 0 Å². The zero-order valence-corrected chi connectivity index (χ0v) is 9.56. The van der Waals surface area contributed by atoms with Crippen molar-refractivity contribution in [3.05, 3.63) is 29.8 Å². The van der Waals surface area contributed by atoms with E-state index in [4.69, 9.17) is 5.11 Å². The topological polar surface area (TPSA) is 57.6 Å². The van der Waals surface area contributed by atoms with E-state index in [1.54, 1.807) is 0 Å². The van der Waals surface area contributed by atoms with Crippen LogP contribution in [0.4, 0.5) is 14.5 Å². The Labute approximate surface area is 102 Å². The number of carboxylic acids is 1. The Balaban J connectivity index is 2.12. The van der Waals surface area contributed by atoms with Crippen LogP contribution in [0, 0.1) is 23.5 Å². The maximum absolute atomic E-state index is 13.0. The van der Waals surface area contributed by atoms with Crippen molar-refractivity contribution >= 4 is 17.6 Å². The quantitative estimate of drug-likeness (QED) is 0.893. The Kier molecular flexibility index (Phi) is 3.02. The first-order valence-corrected chi connectivity index (χ1v) is 5.37. The second-order valence-corrected chi connectivity index (χ2v) is 4.28. The van der Waals surface area contributed by atoms with Crippen molar-refractivity contribution in [2.24, 2.45) is 11.8 Å². The van der Waals surface area contributed by atoms with Crippen LogP contribution >= 0.6 is 0 Å². The van der Waals surface area contributed by atoms with E-state index in [0.29, 0.717) is 6.42 Å². The molecule has 18 heavy (non-hydrogen) atoms. The summed E-state index contributed by atoms with van der Waals surface area (Å²) in [6.45, 7) is 0. The Morgan fingerprint density at radius 1 is 1.28 bits per heavy atom. The van der Waals surface area contributed by atoms with Gasteiger partial charge >= 0.3 is 5.97 Å². The predicted octanol–water partition coefficient (Wildman–Crippen LogP) is 1.65. The number of carbonyl (C=O) groups excluding carboxylic acids is 1. The molecule has 2 unspecified atom stereocenters. The van der Waals surface area contributed by atoms with Crippen LogP contribution in [-0.4, -0.2) is 24.0 Å². The van der Waals surface area contributed by atoms with E-state index in [0.717, 1.165) is 17.0 Å². The van der Waals surface area contributed by atoms with Gasteiger partial charge in [0.1, 0.15) is 0 Å². The Bertz CT molecular complexity index is 518. The smallest absolute Gasteiger partial charge is 0.307 e.